The van der Waals surface area contributed by atoms with Gasteiger partial charge in [-0.05, 0) is 30.5 Å². The van der Waals surface area contributed by atoms with E-state index in [2.05, 4.69) is 0 Å². The van der Waals surface area contributed by atoms with Gasteiger partial charge in [0, 0.05) is 11.4 Å². The topological polar surface area (TPSA) is 66.6 Å². The number of anilines is 2. The highest BCUT2D eigenvalue weighted by Gasteiger charge is 2.18. The number of carboxylic acids is 1. The lowest BCUT2D eigenvalue weighted by Gasteiger charge is -2.25. The van der Waals surface area contributed by atoms with Gasteiger partial charge in [0.15, 0.2) is 0 Å². The summed E-state index contributed by atoms with van der Waals surface area (Å²) in [6.07, 6.45) is 0. The molecule has 0 saturated heterocycles. The highest BCUT2D eigenvalue weighted by atomic mass is 32.1. The Hall–Kier alpha value is -2.01. The summed E-state index contributed by atoms with van der Waals surface area (Å²) in [7, 11) is 0. The Morgan fingerprint density at radius 3 is 2.74 bits per heavy atom. The first-order valence-corrected chi connectivity index (χ1v) is 6.90. The maximum atomic E-state index is 11.3. The predicted octanol–water partition coefficient (Wildman–Crippen LogP) is 3.06. The molecule has 3 N–H and O–H groups in total. The Labute approximate surface area is 116 Å². The van der Waals surface area contributed by atoms with Crippen molar-refractivity contribution in [3.63, 3.8) is 0 Å². The van der Waals surface area contributed by atoms with Crippen LogP contribution in [0.5, 0.6) is 0 Å². The van der Waals surface area contributed by atoms with E-state index in [-0.39, 0.29) is 5.56 Å². The van der Waals surface area contributed by atoms with Gasteiger partial charge in [0.25, 0.3) is 0 Å². The molecular formula is C14H16N2O2S. The second kappa shape index (κ2) is 5.75. The number of nitrogens with two attached hydrogens (primary N) is 1. The molecule has 0 unspecified atom stereocenters. The molecule has 4 nitrogen and oxygen atoms in total. The van der Waals surface area contributed by atoms with Crippen molar-refractivity contribution in [1.82, 2.24) is 0 Å². The third-order valence-electron chi connectivity index (χ3n) is 2.92. The van der Waals surface area contributed by atoms with E-state index in [1.54, 1.807) is 29.5 Å². The largest absolute Gasteiger partial charge is 0.478 e. The number of hydrogen-bond acceptors (Lipinski definition) is 4. The van der Waals surface area contributed by atoms with Crippen LogP contribution in [0, 0.1) is 0 Å². The minimum absolute atomic E-state index is 0.249. The van der Waals surface area contributed by atoms with Gasteiger partial charge >= 0.3 is 5.97 Å². The highest BCUT2D eigenvalue weighted by Crippen LogP contribution is 2.29. The van der Waals surface area contributed by atoms with Crippen molar-refractivity contribution in [2.45, 2.75) is 13.5 Å². The molecule has 2 rings (SSSR count). The van der Waals surface area contributed by atoms with E-state index >= 15 is 0 Å². The molecule has 0 bridgehead atoms. The predicted molar refractivity (Wildman–Crippen MR) is 78.9 cm³/mol. The third-order valence-corrected chi connectivity index (χ3v) is 3.78. The molecule has 1 heterocycles. The van der Waals surface area contributed by atoms with E-state index in [4.69, 9.17) is 5.73 Å². The molecular weight excluding hydrogens is 260 g/mol. The van der Waals surface area contributed by atoms with Crippen LogP contribution in [0.1, 0.15) is 22.2 Å². The van der Waals surface area contributed by atoms with Gasteiger partial charge in [0.2, 0.25) is 0 Å². The smallest absolute Gasteiger partial charge is 0.337 e. The number of nitrogens with zero attached hydrogens (tertiary/aromatic N) is 1. The lowest BCUT2D eigenvalue weighted by atomic mass is 10.1. The summed E-state index contributed by atoms with van der Waals surface area (Å²) in [5, 5.41) is 11.3. The van der Waals surface area contributed by atoms with Crippen LogP contribution < -0.4 is 10.6 Å². The quantitative estimate of drug-likeness (QED) is 0.824. The maximum absolute atomic E-state index is 11.3. The first-order chi connectivity index (χ1) is 9.13. The Bertz CT molecular complexity index is 567. The molecule has 0 radical (unpaired) electrons. The van der Waals surface area contributed by atoms with Crippen LogP contribution in [-0.2, 0) is 6.54 Å². The van der Waals surface area contributed by atoms with E-state index in [0.29, 0.717) is 24.5 Å². The molecule has 0 aliphatic carbocycles. The number of para-hydroxylation sites is 1. The number of aromatic carboxylic acids is 1. The van der Waals surface area contributed by atoms with E-state index < -0.39 is 5.97 Å². The number of carboxylic acid groups (broad SMARTS) is 1. The number of thiophene rings is 1. The fourth-order valence-corrected chi connectivity index (χ4v) is 2.75. The van der Waals surface area contributed by atoms with Crippen molar-refractivity contribution < 1.29 is 9.90 Å². The SMILES string of the molecule is CCN(Cc1cccs1)c1c(N)cccc1C(=O)O. The Morgan fingerprint density at radius 1 is 1.37 bits per heavy atom. The van der Waals surface area contributed by atoms with Gasteiger partial charge in [0.1, 0.15) is 0 Å². The zero-order valence-electron chi connectivity index (χ0n) is 10.7. The zero-order chi connectivity index (χ0) is 13.8. The number of benzene rings is 1. The van der Waals surface area contributed by atoms with Crippen molar-refractivity contribution >= 4 is 28.7 Å². The minimum Gasteiger partial charge on any atom is -0.478 e. The minimum atomic E-state index is -0.952. The molecule has 0 amide bonds. The number of nitrogen functional groups attached to an aromatic ring is 1. The molecule has 0 atom stereocenters. The van der Waals surface area contributed by atoms with E-state index in [0.717, 1.165) is 0 Å². The first kappa shape index (κ1) is 13.4. The lowest BCUT2D eigenvalue weighted by molar-refractivity contribution is 0.0697. The number of rotatable bonds is 5. The van der Waals surface area contributed by atoms with Crippen LogP contribution in [0.4, 0.5) is 11.4 Å². The molecule has 100 valence electrons. The first-order valence-electron chi connectivity index (χ1n) is 6.02. The van der Waals surface area contributed by atoms with Gasteiger partial charge in [0.05, 0.1) is 23.5 Å². The zero-order valence-corrected chi connectivity index (χ0v) is 11.5. The fraction of sp³-hybridized carbons (Fsp3) is 0.214. The van der Waals surface area contributed by atoms with Gasteiger partial charge < -0.3 is 15.7 Å². The summed E-state index contributed by atoms with van der Waals surface area (Å²) in [4.78, 5) is 14.5. The molecule has 0 saturated carbocycles. The summed E-state index contributed by atoms with van der Waals surface area (Å²) < 4.78 is 0. The third kappa shape index (κ3) is 2.88. The molecule has 0 aliphatic rings. The monoisotopic (exact) mass is 276 g/mol. The van der Waals surface area contributed by atoms with Crippen molar-refractivity contribution in [2.24, 2.45) is 0 Å². The van der Waals surface area contributed by atoms with E-state index in [9.17, 15) is 9.90 Å². The second-order valence-electron chi connectivity index (χ2n) is 4.14. The van der Waals surface area contributed by atoms with Crippen LogP contribution >= 0.6 is 11.3 Å². The van der Waals surface area contributed by atoms with Gasteiger partial charge in [-0.25, -0.2) is 4.79 Å². The average Bonchev–Trinajstić information content (AvgIpc) is 2.89. The molecule has 1 aromatic carbocycles. The van der Waals surface area contributed by atoms with Gasteiger partial charge in [-0.15, -0.1) is 11.3 Å². The summed E-state index contributed by atoms with van der Waals surface area (Å²) in [6.45, 7) is 3.36. The average molecular weight is 276 g/mol. The van der Waals surface area contributed by atoms with Crippen molar-refractivity contribution in [3.05, 3.63) is 46.2 Å². The lowest BCUT2D eigenvalue weighted by Crippen LogP contribution is -2.25. The standard InChI is InChI=1S/C14H16N2O2S/c1-2-16(9-10-5-4-8-19-10)13-11(14(17)18)6-3-7-12(13)15/h3-8H,2,9,15H2,1H3,(H,17,18). The van der Waals surface area contributed by atoms with Gasteiger partial charge in [-0.3, -0.25) is 0 Å². The highest BCUT2D eigenvalue weighted by molar-refractivity contribution is 7.09. The molecule has 0 spiro atoms. The molecule has 2 aromatic rings. The van der Waals surface area contributed by atoms with Gasteiger partial charge in [-0.2, -0.15) is 0 Å². The van der Waals surface area contributed by atoms with Crippen LogP contribution in [0.2, 0.25) is 0 Å². The molecule has 0 fully saturated rings. The molecule has 0 aliphatic heterocycles. The van der Waals surface area contributed by atoms with E-state index in [1.165, 1.54) is 4.88 Å². The van der Waals surface area contributed by atoms with Crippen LogP contribution in [0.15, 0.2) is 35.7 Å². The van der Waals surface area contributed by atoms with Crippen LogP contribution in [0.25, 0.3) is 0 Å². The summed E-state index contributed by atoms with van der Waals surface area (Å²) >= 11 is 1.65. The van der Waals surface area contributed by atoms with Crippen molar-refractivity contribution in [1.29, 1.82) is 0 Å². The summed E-state index contributed by atoms with van der Waals surface area (Å²) in [5.41, 5.74) is 7.31. The Kier molecular flexibility index (Phi) is 4.06. The van der Waals surface area contributed by atoms with Crippen LogP contribution in [0.3, 0.4) is 0 Å². The molecule has 19 heavy (non-hydrogen) atoms. The maximum Gasteiger partial charge on any atom is 0.337 e. The Balaban J connectivity index is 2.40. The normalized spacial score (nSPS) is 10.4. The van der Waals surface area contributed by atoms with Crippen LogP contribution in [-0.4, -0.2) is 17.6 Å². The fourth-order valence-electron chi connectivity index (χ4n) is 2.03. The molecule has 5 heteroatoms. The Morgan fingerprint density at radius 2 is 2.16 bits per heavy atom. The second-order valence-corrected chi connectivity index (χ2v) is 5.17. The van der Waals surface area contributed by atoms with Crippen molar-refractivity contribution in [3.8, 4) is 0 Å². The molecule has 1 aromatic heterocycles. The summed E-state index contributed by atoms with van der Waals surface area (Å²) in [5.74, 6) is -0.952. The number of hydrogen-bond donors (Lipinski definition) is 2. The summed E-state index contributed by atoms with van der Waals surface area (Å²) in [6, 6.07) is 9.01. The number of carbonyl (C=O) groups is 1. The van der Waals surface area contributed by atoms with Crippen molar-refractivity contribution in [2.75, 3.05) is 17.2 Å². The van der Waals surface area contributed by atoms with E-state index in [1.807, 2.05) is 29.3 Å². The van der Waals surface area contributed by atoms with Gasteiger partial charge in [-0.1, -0.05) is 12.1 Å².